The van der Waals surface area contributed by atoms with Crippen LogP contribution in [0.15, 0.2) is 60.8 Å². The second-order valence-electron chi connectivity index (χ2n) is 7.47. The Hall–Kier alpha value is -3.74. The summed E-state index contributed by atoms with van der Waals surface area (Å²) in [6, 6.07) is 12.2. The maximum absolute atomic E-state index is 15.7. The molecule has 0 fully saturated rings. The van der Waals surface area contributed by atoms with Gasteiger partial charge in [0.05, 0.1) is 6.54 Å². The highest BCUT2D eigenvalue weighted by Crippen LogP contribution is 2.50. The fourth-order valence-electron chi connectivity index (χ4n) is 3.68. The Kier molecular flexibility index (Phi) is 4.92. The van der Waals surface area contributed by atoms with E-state index in [2.05, 4.69) is 32.4 Å². The number of aromatic nitrogens is 5. The molecule has 1 unspecified atom stereocenters. The first-order chi connectivity index (χ1) is 15.8. The van der Waals surface area contributed by atoms with E-state index in [-0.39, 0.29) is 27.8 Å². The summed E-state index contributed by atoms with van der Waals surface area (Å²) in [6.07, 6.45) is 1.19. The van der Waals surface area contributed by atoms with Crippen LogP contribution in [-0.2, 0) is 18.1 Å². The van der Waals surface area contributed by atoms with E-state index in [0.29, 0.717) is 11.1 Å². The van der Waals surface area contributed by atoms with E-state index in [1.807, 2.05) is 0 Å². The number of halogens is 4. The quantitative estimate of drug-likeness (QED) is 0.452. The molecule has 1 aliphatic rings. The summed E-state index contributed by atoms with van der Waals surface area (Å²) < 4.78 is 45.6. The van der Waals surface area contributed by atoms with Gasteiger partial charge in [-0.25, -0.2) is 9.07 Å². The van der Waals surface area contributed by atoms with Crippen molar-refractivity contribution in [2.45, 2.75) is 18.1 Å². The van der Waals surface area contributed by atoms with Crippen LogP contribution < -0.4 is 0 Å². The van der Waals surface area contributed by atoms with Crippen molar-refractivity contribution in [2.24, 2.45) is 0 Å². The Bertz CT molecular complexity index is 1410. The first-order valence-corrected chi connectivity index (χ1v) is 10.1. The van der Waals surface area contributed by atoms with Crippen LogP contribution >= 0.6 is 11.6 Å². The van der Waals surface area contributed by atoms with Gasteiger partial charge in [-0.3, -0.25) is 4.98 Å². The highest BCUT2D eigenvalue weighted by Gasteiger charge is 2.59. The van der Waals surface area contributed by atoms with Gasteiger partial charge in [0.1, 0.15) is 11.5 Å². The third-order valence-electron chi connectivity index (χ3n) is 5.38. The van der Waals surface area contributed by atoms with Crippen LogP contribution in [0.2, 0.25) is 5.02 Å². The molecule has 0 saturated heterocycles. The van der Waals surface area contributed by atoms with Gasteiger partial charge in [0, 0.05) is 33.5 Å². The number of hydrogen-bond acceptors (Lipinski definition) is 5. The van der Waals surface area contributed by atoms with Gasteiger partial charge >= 0.3 is 5.92 Å². The van der Waals surface area contributed by atoms with Gasteiger partial charge in [-0.2, -0.15) is 8.78 Å². The van der Waals surface area contributed by atoms with Gasteiger partial charge in [-0.15, -0.1) is 5.10 Å². The standard InChI is InChI=1S/C23H13ClF3N5O/c24-16-6-9-19-18(11-16)21-29-30-31-32(21)13-22(19,33)23(26,27)20-10-5-15(12-28-20)2-1-14-3-7-17(25)8-4-14/h3-12,33H,13H2. The number of tetrazole rings is 1. The van der Waals surface area contributed by atoms with Gasteiger partial charge < -0.3 is 5.11 Å². The summed E-state index contributed by atoms with van der Waals surface area (Å²) in [6.45, 7) is -0.579. The van der Waals surface area contributed by atoms with E-state index >= 15 is 8.78 Å². The number of hydrogen-bond donors (Lipinski definition) is 1. The smallest absolute Gasteiger partial charge is 0.323 e. The maximum Gasteiger partial charge on any atom is 0.323 e. The summed E-state index contributed by atoms with van der Waals surface area (Å²) in [4.78, 5) is 3.87. The van der Waals surface area contributed by atoms with Gasteiger partial charge in [0.25, 0.3) is 0 Å². The van der Waals surface area contributed by atoms with E-state index in [4.69, 9.17) is 11.6 Å². The van der Waals surface area contributed by atoms with E-state index in [0.717, 1.165) is 10.7 Å². The zero-order chi connectivity index (χ0) is 23.2. The van der Waals surface area contributed by atoms with Crippen LogP contribution in [-0.4, -0.2) is 30.3 Å². The summed E-state index contributed by atoms with van der Waals surface area (Å²) in [5.41, 5.74) is -2.22. The van der Waals surface area contributed by atoms with Crippen LogP contribution in [0.4, 0.5) is 13.2 Å². The number of rotatable bonds is 2. The molecule has 2 aromatic heterocycles. The minimum atomic E-state index is -3.80. The molecule has 164 valence electrons. The first kappa shape index (κ1) is 21.1. The summed E-state index contributed by atoms with van der Waals surface area (Å²) in [7, 11) is 0. The first-order valence-electron chi connectivity index (χ1n) is 9.69. The molecule has 0 aliphatic carbocycles. The predicted octanol–water partition coefficient (Wildman–Crippen LogP) is 3.92. The van der Waals surface area contributed by atoms with Gasteiger partial charge in [0.2, 0.25) is 0 Å². The lowest BCUT2D eigenvalue weighted by atomic mass is 9.80. The molecule has 4 aromatic rings. The molecular weight excluding hydrogens is 455 g/mol. The van der Waals surface area contributed by atoms with Gasteiger partial charge in [-0.1, -0.05) is 29.5 Å². The van der Waals surface area contributed by atoms with Crippen molar-refractivity contribution < 1.29 is 18.3 Å². The average molecular weight is 468 g/mol. The van der Waals surface area contributed by atoms with Crippen molar-refractivity contribution in [3.05, 3.63) is 94.0 Å². The number of nitrogens with zero attached hydrogens (tertiary/aromatic N) is 5. The third-order valence-corrected chi connectivity index (χ3v) is 5.61. The molecule has 0 amide bonds. The zero-order valence-electron chi connectivity index (χ0n) is 16.7. The summed E-state index contributed by atoms with van der Waals surface area (Å²) in [5, 5.41) is 22.7. The Morgan fingerprint density at radius 1 is 1.03 bits per heavy atom. The number of pyridine rings is 1. The Morgan fingerprint density at radius 2 is 1.76 bits per heavy atom. The molecule has 1 N–H and O–H groups in total. The molecule has 3 heterocycles. The average Bonchev–Trinajstić information content (AvgIpc) is 3.27. The highest BCUT2D eigenvalue weighted by atomic mass is 35.5. The minimum Gasteiger partial charge on any atom is -0.377 e. The van der Waals surface area contributed by atoms with E-state index in [1.165, 1.54) is 54.7 Å². The zero-order valence-corrected chi connectivity index (χ0v) is 17.4. The molecule has 33 heavy (non-hydrogen) atoms. The van der Waals surface area contributed by atoms with Crippen LogP contribution in [0.1, 0.15) is 22.4 Å². The molecule has 2 aromatic carbocycles. The number of aliphatic hydroxyl groups is 1. The minimum absolute atomic E-state index is 0.0545. The molecular formula is C23H13ClF3N5O. The number of alkyl halides is 2. The van der Waals surface area contributed by atoms with E-state index in [9.17, 15) is 9.50 Å². The molecule has 1 atom stereocenters. The van der Waals surface area contributed by atoms with E-state index < -0.39 is 23.8 Å². The lowest BCUT2D eigenvalue weighted by molar-refractivity contribution is -0.207. The monoisotopic (exact) mass is 467 g/mol. The van der Waals surface area contributed by atoms with Crippen molar-refractivity contribution in [1.82, 2.24) is 25.2 Å². The SMILES string of the molecule is OC1(C(F)(F)c2ccc(C#Cc3ccc(F)cc3)cn2)Cn2nnnc2-c2cc(Cl)ccc21. The van der Waals surface area contributed by atoms with Crippen molar-refractivity contribution >= 4 is 11.6 Å². The Morgan fingerprint density at radius 3 is 2.48 bits per heavy atom. The fraction of sp³-hybridized carbons (Fsp3) is 0.130. The van der Waals surface area contributed by atoms with Gasteiger partial charge in [0.15, 0.2) is 11.4 Å². The highest BCUT2D eigenvalue weighted by molar-refractivity contribution is 6.30. The van der Waals surface area contributed by atoms with Crippen molar-refractivity contribution in [3.63, 3.8) is 0 Å². The topological polar surface area (TPSA) is 76.7 Å². The second kappa shape index (κ2) is 7.69. The number of fused-ring (bicyclic) bond motifs is 3. The van der Waals surface area contributed by atoms with Crippen LogP contribution in [0, 0.1) is 17.7 Å². The number of benzene rings is 2. The lowest BCUT2D eigenvalue weighted by Crippen LogP contribution is -2.49. The van der Waals surface area contributed by atoms with Crippen LogP contribution in [0.3, 0.4) is 0 Å². The molecule has 0 spiro atoms. The van der Waals surface area contributed by atoms with Crippen molar-refractivity contribution in [2.75, 3.05) is 0 Å². The molecule has 0 bridgehead atoms. The van der Waals surface area contributed by atoms with Crippen molar-refractivity contribution in [3.8, 4) is 23.2 Å². The largest absolute Gasteiger partial charge is 0.377 e. The lowest BCUT2D eigenvalue weighted by Gasteiger charge is -2.39. The fourth-order valence-corrected chi connectivity index (χ4v) is 3.85. The Balaban J connectivity index is 1.51. The summed E-state index contributed by atoms with van der Waals surface area (Å²) in [5.74, 6) is 1.65. The molecule has 6 nitrogen and oxygen atoms in total. The third kappa shape index (κ3) is 3.53. The van der Waals surface area contributed by atoms with E-state index in [1.54, 1.807) is 0 Å². The molecule has 1 aliphatic heterocycles. The Labute approximate surface area is 190 Å². The second-order valence-corrected chi connectivity index (χ2v) is 7.91. The summed E-state index contributed by atoms with van der Waals surface area (Å²) >= 11 is 6.04. The molecule has 10 heteroatoms. The van der Waals surface area contributed by atoms with Crippen LogP contribution in [0.5, 0.6) is 0 Å². The normalized spacial score (nSPS) is 17.0. The van der Waals surface area contributed by atoms with Gasteiger partial charge in [-0.05, 0) is 59.0 Å². The molecule has 0 saturated carbocycles. The molecule has 5 rings (SSSR count). The molecule has 0 radical (unpaired) electrons. The predicted molar refractivity (Wildman–Crippen MR) is 113 cm³/mol. The maximum atomic E-state index is 15.7. The van der Waals surface area contributed by atoms with Crippen molar-refractivity contribution in [1.29, 1.82) is 0 Å². The van der Waals surface area contributed by atoms with Crippen LogP contribution in [0.25, 0.3) is 11.4 Å².